The standard InChI is InChI=1S/C13H20BrN3/c1-10-6-12(16-7-11(10)14)17-5-4-13(2,9-17)8-15-3/h6-7,15H,4-5,8-9H2,1-3H3. The summed E-state index contributed by atoms with van der Waals surface area (Å²) in [6.07, 6.45) is 3.13. The molecule has 1 aliphatic heterocycles. The predicted octanol–water partition coefficient (Wildman–Crippen LogP) is 2.59. The summed E-state index contributed by atoms with van der Waals surface area (Å²) in [7, 11) is 2.02. The molecule has 2 heterocycles. The van der Waals surface area contributed by atoms with Gasteiger partial charge >= 0.3 is 0 Å². The van der Waals surface area contributed by atoms with E-state index in [0.717, 1.165) is 29.9 Å². The van der Waals surface area contributed by atoms with Crippen LogP contribution in [0.15, 0.2) is 16.7 Å². The highest BCUT2D eigenvalue weighted by Gasteiger charge is 2.33. The van der Waals surface area contributed by atoms with Crippen molar-refractivity contribution in [2.75, 3.05) is 31.6 Å². The monoisotopic (exact) mass is 297 g/mol. The first-order valence-corrected chi connectivity index (χ1v) is 6.85. The molecule has 1 aliphatic rings. The van der Waals surface area contributed by atoms with E-state index in [1.165, 1.54) is 12.0 Å². The van der Waals surface area contributed by atoms with E-state index in [-0.39, 0.29) is 0 Å². The molecule has 17 heavy (non-hydrogen) atoms. The van der Waals surface area contributed by atoms with Crippen LogP contribution in [0.3, 0.4) is 0 Å². The number of nitrogens with one attached hydrogen (secondary N) is 1. The van der Waals surface area contributed by atoms with Gasteiger partial charge in [0.25, 0.3) is 0 Å². The topological polar surface area (TPSA) is 28.2 Å². The molecule has 0 saturated carbocycles. The van der Waals surface area contributed by atoms with Gasteiger partial charge in [-0.1, -0.05) is 6.92 Å². The Labute approximate surface area is 112 Å². The third-order valence-electron chi connectivity index (χ3n) is 3.52. The fraction of sp³-hybridized carbons (Fsp3) is 0.615. The molecule has 1 aromatic rings. The molecule has 1 aromatic heterocycles. The minimum absolute atomic E-state index is 0.372. The summed E-state index contributed by atoms with van der Waals surface area (Å²) in [6, 6.07) is 2.16. The molecule has 0 radical (unpaired) electrons. The number of pyridine rings is 1. The van der Waals surface area contributed by atoms with Gasteiger partial charge in [-0.25, -0.2) is 4.98 Å². The van der Waals surface area contributed by atoms with E-state index in [0.29, 0.717) is 5.41 Å². The Morgan fingerprint density at radius 2 is 2.35 bits per heavy atom. The fourth-order valence-corrected chi connectivity index (χ4v) is 2.70. The summed E-state index contributed by atoms with van der Waals surface area (Å²) in [6.45, 7) is 7.71. The summed E-state index contributed by atoms with van der Waals surface area (Å²) in [4.78, 5) is 6.89. The van der Waals surface area contributed by atoms with Crippen LogP contribution in [0.2, 0.25) is 0 Å². The molecule has 2 rings (SSSR count). The molecule has 1 fully saturated rings. The van der Waals surface area contributed by atoms with Crippen LogP contribution in [0, 0.1) is 12.3 Å². The lowest BCUT2D eigenvalue weighted by atomic mass is 9.90. The largest absolute Gasteiger partial charge is 0.356 e. The Bertz CT molecular complexity index is 408. The van der Waals surface area contributed by atoms with Crippen LogP contribution < -0.4 is 10.2 Å². The van der Waals surface area contributed by atoms with Gasteiger partial charge in [-0.3, -0.25) is 0 Å². The van der Waals surface area contributed by atoms with E-state index >= 15 is 0 Å². The number of aryl methyl sites for hydroxylation is 1. The van der Waals surface area contributed by atoms with Crippen LogP contribution in [-0.2, 0) is 0 Å². The second-order valence-corrected chi connectivity index (χ2v) is 6.16. The lowest BCUT2D eigenvalue weighted by Crippen LogP contribution is -2.33. The van der Waals surface area contributed by atoms with Gasteiger partial charge in [0.05, 0.1) is 0 Å². The van der Waals surface area contributed by atoms with Crippen molar-refractivity contribution in [3.05, 3.63) is 22.3 Å². The average Bonchev–Trinajstić information content (AvgIpc) is 2.65. The first-order chi connectivity index (χ1) is 8.04. The molecule has 3 nitrogen and oxygen atoms in total. The molecule has 1 atom stereocenters. The second kappa shape index (κ2) is 4.94. The van der Waals surface area contributed by atoms with Crippen molar-refractivity contribution in [1.29, 1.82) is 0 Å². The van der Waals surface area contributed by atoms with E-state index < -0.39 is 0 Å². The molecular weight excluding hydrogens is 278 g/mol. The first kappa shape index (κ1) is 12.8. The zero-order chi connectivity index (χ0) is 12.5. The van der Waals surface area contributed by atoms with Crippen molar-refractivity contribution in [3.63, 3.8) is 0 Å². The minimum Gasteiger partial charge on any atom is -0.356 e. The third kappa shape index (κ3) is 2.80. The average molecular weight is 298 g/mol. The van der Waals surface area contributed by atoms with Crippen molar-refractivity contribution in [1.82, 2.24) is 10.3 Å². The number of rotatable bonds is 3. The van der Waals surface area contributed by atoms with Crippen molar-refractivity contribution < 1.29 is 0 Å². The highest BCUT2D eigenvalue weighted by atomic mass is 79.9. The molecule has 0 aromatic carbocycles. The number of halogens is 1. The third-order valence-corrected chi connectivity index (χ3v) is 4.35. The maximum absolute atomic E-state index is 4.51. The Balaban J connectivity index is 2.12. The normalized spacial score (nSPS) is 24.4. The molecule has 0 aliphatic carbocycles. The molecule has 1 N–H and O–H groups in total. The van der Waals surface area contributed by atoms with E-state index in [1.807, 2.05) is 13.2 Å². The summed E-state index contributed by atoms with van der Waals surface area (Å²) in [5.41, 5.74) is 1.62. The summed E-state index contributed by atoms with van der Waals surface area (Å²) < 4.78 is 1.08. The van der Waals surface area contributed by atoms with Gasteiger partial charge in [-0.2, -0.15) is 0 Å². The van der Waals surface area contributed by atoms with Gasteiger partial charge in [0, 0.05) is 30.3 Å². The van der Waals surface area contributed by atoms with Gasteiger partial charge in [0.2, 0.25) is 0 Å². The molecular formula is C13H20BrN3. The highest BCUT2D eigenvalue weighted by Crippen LogP contribution is 2.32. The number of anilines is 1. The maximum atomic E-state index is 4.51. The Morgan fingerprint density at radius 3 is 3.00 bits per heavy atom. The van der Waals surface area contributed by atoms with E-state index in [2.05, 4.69) is 51.0 Å². The zero-order valence-electron chi connectivity index (χ0n) is 10.8. The van der Waals surface area contributed by atoms with Crippen LogP contribution in [-0.4, -0.2) is 31.7 Å². The van der Waals surface area contributed by atoms with Crippen molar-refractivity contribution in [3.8, 4) is 0 Å². The van der Waals surface area contributed by atoms with Gasteiger partial charge < -0.3 is 10.2 Å². The molecule has 1 saturated heterocycles. The zero-order valence-corrected chi connectivity index (χ0v) is 12.3. The van der Waals surface area contributed by atoms with Crippen molar-refractivity contribution >= 4 is 21.7 Å². The van der Waals surface area contributed by atoms with Crippen LogP contribution in [0.5, 0.6) is 0 Å². The summed E-state index contributed by atoms with van der Waals surface area (Å²) in [5.74, 6) is 1.10. The van der Waals surface area contributed by atoms with E-state index in [4.69, 9.17) is 0 Å². The second-order valence-electron chi connectivity index (χ2n) is 5.30. The Kier molecular flexibility index (Phi) is 3.73. The van der Waals surface area contributed by atoms with Crippen molar-refractivity contribution in [2.24, 2.45) is 5.41 Å². The molecule has 4 heteroatoms. The Hall–Kier alpha value is -0.610. The number of aromatic nitrogens is 1. The van der Waals surface area contributed by atoms with Gasteiger partial charge in [0.1, 0.15) is 5.82 Å². The molecule has 0 spiro atoms. The fourth-order valence-electron chi connectivity index (χ4n) is 2.49. The Morgan fingerprint density at radius 1 is 1.59 bits per heavy atom. The van der Waals surface area contributed by atoms with Crippen LogP contribution in [0.25, 0.3) is 0 Å². The van der Waals surface area contributed by atoms with Gasteiger partial charge in [-0.15, -0.1) is 0 Å². The van der Waals surface area contributed by atoms with Crippen LogP contribution in [0.1, 0.15) is 18.9 Å². The molecule has 94 valence electrons. The first-order valence-electron chi connectivity index (χ1n) is 6.06. The minimum atomic E-state index is 0.372. The summed E-state index contributed by atoms with van der Waals surface area (Å²) >= 11 is 3.49. The number of hydrogen-bond acceptors (Lipinski definition) is 3. The SMILES string of the molecule is CNCC1(C)CCN(c2cc(C)c(Br)cn2)C1. The maximum Gasteiger partial charge on any atom is 0.128 e. The van der Waals surface area contributed by atoms with E-state index in [9.17, 15) is 0 Å². The number of hydrogen-bond donors (Lipinski definition) is 1. The summed E-state index contributed by atoms with van der Waals surface area (Å²) in [5, 5.41) is 3.29. The van der Waals surface area contributed by atoms with Crippen LogP contribution in [0.4, 0.5) is 5.82 Å². The van der Waals surface area contributed by atoms with E-state index in [1.54, 1.807) is 0 Å². The quantitative estimate of drug-likeness (QED) is 0.929. The molecule has 1 unspecified atom stereocenters. The smallest absolute Gasteiger partial charge is 0.128 e. The number of nitrogens with zero attached hydrogens (tertiary/aromatic N) is 2. The molecule has 0 bridgehead atoms. The highest BCUT2D eigenvalue weighted by molar-refractivity contribution is 9.10. The van der Waals surface area contributed by atoms with Crippen LogP contribution >= 0.6 is 15.9 Å². The lowest BCUT2D eigenvalue weighted by Gasteiger charge is -2.24. The lowest BCUT2D eigenvalue weighted by molar-refractivity contribution is 0.356. The molecule has 0 amide bonds. The predicted molar refractivity (Wildman–Crippen MR) is 75.5 cm³/mol. The van der Waals surface area contributed by atoms with Gasteiger partial charge in [0.15, 0.2) is 0 Å². The van der Waals surface area contributed by atoms with Gasteiger partial charge in [-0.05, 0) is 53.4 Å². The van der Waals surface area contributed by atoms with Crippen molar-refractivity contribution in [2.45, 2.75) is 20.3 Å².